The Morgan fingerprint density at radius 2 is 2.03 bits per heavy atom. The standard InChI is InChI=1S/C20H28F3N5O/c1-13(9-18-14(2)27-28(5)15(18)3)26-19(24-4)25-11-16-7-6-8-17(10-16)29-12-20(21,22)23/h6-8,10,13H,9,11-12H2,1-5H3,(H2,24,25,26). The molecule has 0 aliphatic heterocycles. The zero-order valence-electron chi connectivity index (χ0n) is 17.4. The molecule has 0 aliphatic carbocycles. The number of alkyl halides is 3. The molecule has 9 heteroatoms. The van der Waals surface area contributed by atoms with Crippen molar-refractivity contribution in [3.05, 3.63) is 46.8 Å². The number of hydrogen-bond donors (Lipinski definition) is 2. The molecule has 1 atom stereocenters. The molecular weight excluding hydrogens is 383 g/mol. The van der Waals surface area contributed by atoms with Crippen molar-refractivity contribution < 1.29 is 17.9 Å². The van der Waals surface area contributed by atoms with Crippen molar-refractivity contribution in [2.45, 2.75) is 46.0 Å². The van der Waals surface area contributed by atoms with E-state index in [0.717, 1.165) is 23.4 Å². The number of aryl methyl sites for hydroxylation is 2. The van der Waals surface area contributed by atoms with Gasteiger partial charge in [-0.25, -0.2) is 0 Å². The lowest BCUT2D eigenvalue weighted by Gasteiger charge is -2.18. The van der Waals surface area contributed by atoms with Gasteiger partial charge >= 0.3 is 6.18 Å². The Balaban J connectivity index is 1.90. The van der Waals surface area contributed by atoms with E-state index in [9.17, 15) is 13.2 Å². The van der Waals surface area contributed by atoms with Gasteiger partial charge in [-0.05, 0) is 50.5 Å². The van der Waals surface area contributed by atoms with Crippen LogP contribution in [0.1, 0.15) is 29.4 Å². The molecule has 1 aromatic heterocycles. The summed E-state index contributed by atoms with van der Waals surface area (Å²) < 4.78 is 43.6. The van der Waals surface area contributed by atoms with Gasteiger partial charge in [0.25, 0.3) is 0 Å². The first-order chi connectivity index (χ1) is 13.6. The number of rotatable bonds is 7. The van der Waals surface area contributed by atoms with Gasteiger partial charge in [-0.15, -0.1) is 0 Å². The second kappa shape index (κ2) is 9.67. The maximum Gasteiger partial charge on any atom is 0.422 e. The first kappa shape index (κ1) is 22.6. The minimum absolute atomic E-state index is 0.115. The summed E-state index contributed by atoms with van der Waals surface area (Å²) in [6, 6.07) is 6.67. The normalized spacial score (nSPS) is 13.3. The molecule has 0 bridgehead atoms. The van der Waals surface area contributed by atoms with E-state index in [-0.39, 0.29) is 11.8 Å². The third-order valence-electron chi connectivity index (χ3n) is 4.54. The van der Waals surface area contributed by atoms with Gasteiger partial charge in [0.2, 0.25) is 0 Å². The molecule has 1 aromatic carbocycles. The van der Waals surface area contributed by atoms with E-state index in [2.05, 4.69) is 27.6 Å². The fourth-order valence-electron chi connectivity index (χ4n) is 2.99. The maximum absolute atomic E-state index is 12.3. The van der Waals surface area contributed by atoms with Crippen molar-refractivity contribution in [1.29, 1.82) is 0 Å². The van der Waals surface area contributed by atoms with Crippen LogP contribution in [0.4, 0.5) is 13.2 Å². The number of guanidine groups is 1. The van der Waals surface area contributed by atoms with Crippen LogP contribution in [-0.2, 0) is 20.0 Å². The van der Waals surface area contributed by atoms with Crippen molar-refractivity contribution in [3.63, 3.8) is 0 Å². The second-order valence-corrected chi connectivity index (χ2v) is 7.00. The summed E-state index contributed by atoms with van der Waals surface area (Å²) in [6.45, 7) is 5.20. The molecule has 0 aliphatic rings. The summed E-state index contributed by atoms with van der Waals surface area (Å²) >= 11 is 0. The van der Waals surface area contributed by atoms with Gasteiger partial charge in [0.1, 0.15) is 5.75 Å². The molecule has 0 amide bonds. The number of benzene rings is 1. The highest BCUT2D eigenvalue weighted by Gasteiger charge is 2.28. The second-order valence-electron chi connectivity index (χ2n) is 7.00. The van der Waals surface area contributed by atoms with Crippen LogP contribution in [0, 0.1) is 13.8 Å². The van der Waals surface area contributed by atoms with E-state index in [0.29, 0.717) is 12.5 Å². The van der Waals surface area contributed by atoms with Gasteiger partial charge in [0, 0.05) is 32.4 Å². The fourth-order valence-corrected chi connectivity index (χ4v) is 2.99. The lowest BCUT2D eigenvalue weighted by atomic mass is 10.1. The van der Waals surface area contributed by atoms with E-state index >= 15 is 0 Å². The van der Waals surface area contributed by atoms with Crippen molar-refractivity contribution >= 4 is 5.96 Å². The summed E-state index contributed by atoms with van der Waals surface area (Å²) in [5, 5.41) is 10.9. The predicted octanol–water partition coefficient (Wildman–Crippen LogP) is 3.27. The highest BCUT2D eigenvalue weighted by Crippen LogP contribution is 2.19. The van der Waals surface area contributed by atoms with Crippen LogP contribution in [-0.4, -0.2) is 41.6 Å². The quantitative estimate of drug-likeness (QED) is 0.542. The largest absolute Gasteiger partial charge is 0.484 e. The predicted molar refractivity (Wildman–Crippen MR) is 107 cm³/mol. The fraction of sp³-hybridized carbons (Fsp3) is 0.500. The highest BCUT2D eigenvalue weighted by atomic mass is 19.4. The highest BCUT2D eigenvalue weighted by molar-refractivity contribution is 5.79. The van der Waals surface area contributed by atoms with E-state index in [1.807, 2.05) is 31.6 Å². The minimum Gasteiger partial charge on any atom is -0.484 e. The monoisotopic (exact) mass is 411 g/mol. The van der Waals surface area contributed by atoms with Gasteiger partial charge in [-0.2, -0.15) is 18.3 Å². The topological polar surface area (TPSA) is 63.5 Å². The third-order valence-corrected chi connectivity index (χ3v) is 4.54. The Morgan fingerprint density at radius 3 is 2.62 bits per heavy atom. The Kier molecular flexibility index (Phi) is 7.53. The summed E-state index contributed by atoms with van der Waals surface area (Å²) in [6.07, 6.45) is -3.56. The van der Waals surface area contributed by atoms with E-state index in [1.165, 1.54) is 11.6 Å². The van der Waals surface area contributed by atoms with Crippen LogP contribution in [0.25, 0.3) is 0 Å². The zero-order valence-corrected chi connectivity index (χ0v) is 17.4. The number of nitrogens with one attached hydrogen (secondary N) is 2. The first-order valence-electron chi connectivity index (χ1n) is 9.33. The maximum atomic E-state index is 12.3. The lowest BCUT2D eigenvalue weighted by Crippen LogP contribution is -2.42. The van der Waals surface area contributed by atoms with Crippen molar-refractivity contribution in [2.75, 3.05) is 13.7 Å². The molecule has 0 saturated heterocycles. The Bertz CT molecular complexity index is 845. The lowest BCUT2D eigenvalue weighted by molar-refractivity contribution is -0.153. The molecule has 2 N–H and O–H groups in total. The molecular formula is C20H28F3N5O. The molecule has 6 nitrogen and oxygen atoms in total. The molecule has 2 rings (SSSR count). The molecule has 2 aromatic rings. The summed E-state index contributed by atoms with van der Waals surface area (Å²) in [7, 11) is 3.60. The van der Waals surface area contributed by atoms with Crippen molar-refractivity contribution in [3.8, 4) is 5.75 Å². The number of halogens is 3. The molecule has 0 spiro atoms. The van der Waals surface area contributed by atoms with Gasteiger partial charge in [-0.3, -0.25) is 9.67 Å². The Hall–Kier alpha value is -2.71. The molecule has 29 heavy (non-hydrogen) atoms. The summed E-state index contributed by atoms with van der Waals surface area (Å²) in [5.74, 6) is 0.791. The third kappa shape index (κ3) is 6.99. The first-order valence-corrected chi connectivity index (χ1v) is 9.33. The van der Waals surface area contributed by atoms with Gasteiger partial charge < -0.3 is 15.4 Å². The molecule has 0 radical (unpaired) electrons. The van der Waals surface area contributed by atoms with Crippen LogP contribution in [0.3, 0.4) is 0 Å². The number of ether oxygens (including phenoxy) is 1. The van der Waals surface area contributed by atoms with Gasteiger partial charge in [0.15, 0.2) is 12.6 Å². The molecule has 1 unspecified atom stereocenters. The van der Waals surface area contributed by atoms with E-state index < -0.39 is 12.8 Å². The molecule has 0 fully saturated rings. The van der Waals surface area contributed by atoms with Crippen LogP contribution in [0.15, 0.2) is 29.3 Å². The number of hydrogen-bond acceptors (Lipinski definition) is 3. The van der Waals surface area contributed by atoms with Crippen molar-refractivity contribution in [1.82, 2.24) is 20.4 Å². The average molecular weight is 411 g/mol. The SMILES string of the molecule is CN=C(NCc1cccc(OCC(F)(F)F)c1)NC(C)Cc1c(C)nn(C)c1C. The number of aliphatic imine (C=N–C) groups is 1. The van der Waals surface area contributed by atoms with Gasteiger partial charge in [0.05, 0.1) is 5.69 Å². The minimum atomic E-state index is -4.36. The zero-order chi connectivity index (χ0) is 21.6. The molecule has 0 saturated carbocycles. The van der Waals surface area contributed by atoms with E-state index in [4.69, 9.17) is 4.74 Å². The Morgan fingerprint density at radius 1 is 1.31 bits per heavy atom. The van der Waals surface area contributed by atoms with Crippen molar-refractivity contribution in [2.24, 2.45) is 12.0 Å². The molecule has 160 valence electrons. The van der Waals surface area contributed by atoms with Crippen LogP contribution < -0.4 is 15.4 Å². The van der Waals surface area contributed by atoms with Gasteiger partial charge in [-0.1, -0.05) is 12.1 Å². The van der Waals surface area contributed by atoms with Crippen LogP contribution in [0.5, 0.6) is 5.75 Å². The number of nitrogens with zero attached hydrogens (tertiary/aromatic N) is 3. The van der Waals surface area contributed by atoms with Crippen LogP contribution >= 0.6 is 0 Å². The number of aromatic nitrogens is 2. The Labute approximate surface area is 169 Å². The average Bonchev–Trinajstić information content (AvgIpc) is 2.89. The molecule has 1 heterocycles. The van der Waals surface area contributed by atoms with Crippen LogP contribution in [0.2, 0.25) is 0 Å². The summed E-state index contributed by atoms with van der Waals surface area (Å²) in [4.78, 5) is 4.22. The van der Waals surface area contributed by atoms with E-state index in [1.54, 1.807) is 19.2 Å². The smallest absolute Gasteiger partial charge is 0.422 e. The summed E-state index contributed by atoms with van der Waals surface area (Å²) in [5.41, 5.74) is 4.14.